The summed E-state index contributed by atoms with van der Waals surface area (Å²) in [5, 5.41) is 23.1. The van der Waals surface area contributed by atoms with Gasteiger partial charge < -0.3 is 16.2 Å². The van der Waals surface area contributed by atoms with Gasteiger partial charge in [-0.25, -0.2) is 9.97 Å². The first-order valence-corrected chi connectivity index (χ1v) is 9.05. The number of hydrogen-bond donors (Lipinski definition) is 3. The molecule has 0 bridgehead atoms. The van der Waals surface area contributed by atoms with E-state index < -0.39 is 0 Å². The fourth-order valence-corrected chi connectivity index (χ4v) is 3.87. The van der Waals surface area contributed by atoms with Gasteiger partial charge in [0.15, 0.2) is 5.82 Å². The standard InChI is InChI=1S/C20H25N5O/c1-12-6-7-17(26)15(8-12)20-24-18(16(10-21)19(22)25-20)14-5-3-4-13(9-14)11-23-2/h6-8,13-14,23,26H,3-5,9,11H2,1-2H3,(H2,22,24,25). The van der Waals surface area contributed by atoms with Crippen molar-refractivity contribution in [3.8, 4) is 23.2 Å². The predicted octanol–water partition coefficient (Wildman–Crippen LogP) is 3.10. The normalized spacial score (nSPS) is 19.9. The van der Waals surface area contributed by atoms with Gasteiger partial charge in [0.1, 0.15) is 23.2 Å². The smallest absolute Gasteiger partial charge is 0.165 e. The summed E-state index contributed by atoms with van der Waals surface area (Å²) in [4.78, 5) is 9.00. The number of nitrogens with two attached hydrogens (primary N) is 1. The molecule has 1 heterocycles. The average molecular weight is 351 g/mol. The maximum Gasteiger partial charge on any atom is 0.165 e. The van der Waals surface area contributed by atoms with Crippen molar-refractivity contribution in [1.29, 1.82) is 5.26 Å². The summed E-state index contributed by atoms with van der Waals surface area (Å²) < 4.78 is 0. The quantitative estimate of drug-likeness (QED) is 0.781. The van der Waals surface area contributed by atoms with Crippen molar-refractivity contribution in [2.75, 3.05) is 19.3 Å². The minimum Gasteiger partial charge on any atom is -0.507 e. The van der Waals surface area contributed by atoms with E-state index in [1.54, 1.807) is 6.07 Å². The Kier molecular flexibility index (Phi) is 5.38. The minimum absolute atomic E-state index is 0.113. The predicted molar refractivity (Wildman–Crippen MR) is 102 cm³/mol. The molecule has 2 aromatic rings. The molecule has 1 aromatic heterocycles. The van der Waals surface area contributed by atoms with Crippen molar-refractivity contribution in [2.45, 2.75) is 38.5 Å². The zero-order valence-electron chi connectivity index (χ0n) is 15.3. The van der Waals surface area contributed by atoms with E-state index in [4.69, 9.17) is 10.7 Å². The van der Waals surface area contributed by atoms with Crippen molar-refractivity contribution in [1.82, 2.24) is 15.3 Å². The van der Waals surface area contributed by atoms with Gasteiger partial charge in [-0.05, 0) is 57.8 Å². The second kappa shape index (κ2) is 7.71. The van der Waals surface area contributed by atoms with Crippen LogP contribution in [0.2, 0.25) is 0 Å². The van der Waals surface area contributed by atoms with Gasteiger partial charge in [0.2, 0.25) is 0 Å². The van der Waals surface area contributed by atoms with E-state index in [2.05, 4.69) is 16.4 Å². The van der Waals surface area contributed by atoms with Crippen LogP contribution in [0.25, 0.3) is 11.4 Å². The molecule has 0 amide bonds. The van der Waals surface area contributed by atoms with E-state index in [0.29, 0.717) is 22.9 Å². The Bertz CT molecular complexity index is 841. The third-order valence-electron chi connectivity index (χ3n) is 5.13. The molecular weight excluding hydrogens is 326 g/mol. The molecular formula is C20H25N5O. The molecule has 2 atom stereocenters. The van der Waals surface area contributed by atoms with E-state index in [0.717, 1.165) is 37.1 Å². The number of phenolic OH excluding ortho intramolecular Hbond substituents is 1. The number of nitrogens with one attached hydrogen (secondary N) is 1. The van der Waals surface area contributed by atoms with E-state index in [1.807, 2.05) is 26.1 Å². The summed E-state index contributed by atoms with van der Waals surface area (Å²) in [5.41, 5.74) is 8.73. The Morgan fingerprint density at radius 3 is 2.88 bits per heavy atom. The van der Waals surface area contributed by atoms with Gasteiger partial charge in [-0.3, -0.25) is 0 Å². The van der Waals surface area contributed by atoms with Crippen LogP contribution in [0.5, 0.6) is 5.75 Å². The highest BCUT2D eigenvalue weighted by atomic mass is 16.3. The average Bonchev–Trinajstić information content (AvgIpc) is 2.63. The van der Waals surface area contributed by atoms with Crippen LogP contribution in [0.3, 0.4) is 0 Å². The van der Waals surface area contributed by atoms with Gasteiger partial charge in [-0.15, -0.1) is 0 Å². The molecule has 0 aliphatic heterocycles. The lowest BCUT2D eigenvalue weighted by Crippen LogP contribution is -2.25. The first kappa shape index (κ1) is 18.2. The summed E-state index contributed by atoms with van der Waals surface area (Å²) in [7, 11) is 1.96. The number of aryl methyl sites for hydroxylation is 1. The molecule has 4 N–H and O–H groups in total. The highest BCUT2D eigenvalue weighted by Gasteiger charge is 2.28. The van der Waals surface area contributed by atoms with Crippen molar-refractivity contribution >= 4 is 5.82 Å². The first-order chi connectivity index (χ1) is 12.5. The molecule has 1 fully saturated rings. The fourth-order valence-electron chi connectivity index (χ4n) is 3.87. The molecule has 26 heavy (non-hydrogen) atoms. The van der Waals surface area contributed by atoms with Crippen LogP contribution in [0.15, 0.2) is 18.2 Å². The SMILES string of the molecule is CNCC1CCCC(c2nc(-c3cc(C)ccc3O)nc(N)c2C#N)C1. The number of nitrogens with zero attached hydrogens (tertiary/aromatic N) is 3. The lowest BCUT2D eigenvalue weighted by Gasteiger charge is -2.29. The maximum absolute atomic E-state index is 10.2. The summed E-state index contributed by atoms with van der Waals surface area (Å²) in [5.74, 6) is 1.44. The summed E-state index contributed by atoms with van der Waals surface area (Å²) in [6, 6.07) is 7.48. The van der Waals surface area contributed by atoms with Crippen molar-refractivity contribution in [3.63, 3.8) is 0 Å². The number of rotatable bonds is 4. The van der Waals surface area contributed by atoms with Gasteiger partial charge in [-0.2, -0.15) is 5.26 Å². The zero-order chi connectivity index (χ0) is 18.7. The van der Waals surface area contributed by atoms with E-state index in [9.17, 15) is 10.4 Å². The van der Waals surface area contributed by atoms with Crippen LogP contribution >= 0.6 is 0 Å². The van der Waals surface area contributed by atoms with Crippen LogP contribution in [0, 0.1) is 24.2 Å². The number of nitrogen functional groups attached to an aromatic ring is 1. The van der Waals surface area contributed by atoms with Gasteiger partial charge in [-0.1, -0.05) is 18.1 Å². The first-order valence-electron chi connectivity index (χ1n) is 9.05. The van der Waals surface area contributed by atoms with Crippen molar-refractivity contribution in [2.24, 2.45) is 5.92 Å². The van der Waals surface area contributed by atoms with E-state index >= 15 is 0 Å². The molecule has 1 aliphatic rings. The van der Waals surface area contributed by atoms with Gasteiger partial charge in [0.05, 0.1) is 11.3 Å². The highest BCUT2D eigenvalue weighted by Crippen LogP contribution is 2.38. The Morgan fingerprint density at radius 1 is 1.35 bits per heavy atom. The lowest BCUT2D eigenvalue weighted by atomic mass is 9.78. The van der Waals surface area contributed by atoms with Gasteiger partial charge in [0.25, 0.3) is 0 Å². The van der Waals surface area contributed by atoms with Crippen LogP contribution in [0.1, 0.15) is 48.4 Å². The fraction of sp³-hybridized carbons (Fsp3) is 0.450. The highest BCUT2D eigenvalue weighted by molar-refractivity contribution is 5.67. The summed E-state index contributed by atoms with van der Waals surface area (Å²) >= 11 is 0. The number of benzene rings is 1. The molecule has 3 rings (SSSR count). The third kappa shape index (κ3) is 3.63. The van der Waals surface area contributed by atoms with Crippen molar-refractivity contribution < 1.29 is 5.11 Å². The second-order valence-corrected chi connectivity index (χ2v) is 7.11. The van der Waals surface area contributed by atoms with Gasteiger partial charge in [0, 0.05) is 5.92 Å². The number of hydrogen-bond acceptors (Lipinski definition) is 6. The van der Waals surface area contributed by atoms with Crippen LogP contribution in [-0.2, 0) is 0 Å². The van der Waals surface area contributed by atoms with E-state index in [1.165, 1.54) is 6.42 Å². The molecule has 6 nitrogen and oxygen atoms in total. The molecule has 136 valence electrons. The summed E-state index contributed by atoms with van der Waals surface area (Å²) in [6.45, 7) is 2.91. The Hall–Kier alpha value is -2.65. The largest absolute Gasteiger partial charge is 0.507 e. The zero-order valence-corrected chi connectivity index (χ0v) is 15.3. The Balaban J connectivity index is 2.05. The van der Waals surface area contributed by atoms with Crippen LogP contribution < -0.4 is 11.1 Å². The van der Waals surface area contributed by atoms with Crippen molar-refractivity contribution in [3.05, 3.63) is 35.0 Å². The molecule has 1 aromatic carbocycles. The maximum atomic E-state index is 10.2. The molecule has 0 radical (unpaired) electrons. The second-order valence-electron chi connectivity index (χ2n) is 7.11. The van der Waals surface area contributed by atoms with Crippen LogP contribution in [-0.4, -0.2) is 28.7 Å². The van der Waals surface area contributed by atoms with Gasteiger partial charge >= 0.3 is 0 Å². The molecule has 1 saturated carbocycles. The molecule has 0 saturated heterocycles. The lowest BCUT2D eigenvalue weighted by molar-refractivity contribution is 0.312. The minimum atomic E-state index is 0.113. The van der Waals surface area contributed by atoms with E-state index in [-0.39, 0.29) is 17.5 Å². The topological polar surface area (TPSA) is 108 Å². The Labute approximate surface area is 154 Å². The van der Waals surface area contributed by atoms with Crippen LogP contribution in [0.4, 0.5) is 5.82 Å². The molecule has 2 unspecified atom stereocenters. The number of anilines is 1. The number of nitriles is 1. The third-order valence-corrected chi connectivity index (χ3v) is 5.13. The number of aromatic hydroxyl groups is 1. The number of aromatic nitrogens is 2. The summed E-state index contributed by atoms with van der Waals surface area (Å²) in [6.07, 6.45) is 4.26. The monoisotopic (exact) mass is 351 g/mol. The molecule has 6 heteroatoms. The number of phenols is 1. The Morgan fingerprint density at radius 2 is 2.15 bits per heavy atom. The molecule has 1 aliphatic carbocycles. The molecule has 0 spiro atoms.